The van der Waals surface area contributed by atoms with E-state index >= 15 is 0 Å². The van der Waals surface area contributed by atoms with Crippen molar-refractivity contribution in [2.75, 3.05) is 17.6 Å². The van der Waals surface area contributed by atoms with E-state index in [2.05, 4.69) is 17.4 Å². The number of rotatable bonds is 9. The van der Waals surface area contributed by atoms with Gasteiger partial charge >= 0.3 is 0 Å². The number of hydrogen-bond donors (Lipinski definition) is 1. The second kappa shape index (κ2) is 11.8. The number of nitrogens with one attached hydrogen (secondary N) is 1. The molecule has 1 aliphatic rings. The quantitative estimate of drug-likeness (QED) is 0.287. The Morgan fingerprint density at radius 3 is 2.16 bits per heavy atom. The van der Waals surface area contributed by atoms with Crippen molar-refractivity contribution in [2.24, 2.45) is 0 Å². The van der Waals surface area contributed by atoms with Gasteiger partial charge in [-0.1, -0.05) is 72.8 Å². The van der Waals surface area contributed by atoms with Crippen LogP contribution in [-0.2, 0) is 17.8 Å². The first kappa shape index (κ1) is 24.7. The Labute approximate surface area is 221 Å². The molecule has 1 saturated heterocycles. The van der Waals surface area contributed by atoms with E-state index in [0.29, 0.717) is 30.2 Å². The minimum absolute atomic E-state index is 0.0308. The van der Waals surface area contributed by atoms with Gasteiger partial charge in [-0.25, -0.2) is 0 Å². The monoisotopic (exact) mass is 508 g/mol. The van der Waals surface area contributed by atoms with Crippen LogP contribution in [0, 0.1) is 0 Å². The number of benzene rings is 4. The van der Waals surface area contributed by atoms with Crippen LogP contribution in [0.2, 0.25) is 0 Å². The van der Waals surface area contributed by atoms with Gasteiger partial charge in [-0.3, -0.25) is 9.59 Å². The Kier molecular flexibility index (Phi) is 7.87. The predicted octanol–water partition coefficient (Wildman–Crippen LogP) is 6.33. The molecule has 1 fully saturated rings. The van der Waals surface area contributed by atoms with Gasteiger partial charge in [0.1, 0.15) is 17.7 Å². The smallest absolute Gasteiger partial charge is 0.255 e. The zero-order chi connectivity index (χ0) is 25.5. The molecule has 37 heavy (non-hydrogen) atoms. The molecule has 0 aliphatic carbocycles. The van der Waals surface area contributed by atoms with Crippen LogP contribution in [-0.4, -0.2) is 29.0 Å². The van der Waals surface area contributed by atoms with Crippen molar-refractivity contribution in [2.45, 2.75) is 18.4 Å². The van der Waals surface area contributed by atoms with Crippen molar-refractivity contribution in [1.29, 1.82) is 0 Å². The Morgan fingerprint density at radius 1 is 0.838 bits per heavy atom. The van der Waals surface area contributed by atoms with Crippen LogP contribution in [0.5, 0.6) is 5.75 Å². The molecule has 1 atom stereocenters. The molecule has 6 heteroatoms. The summed E-state index contributed by atoms with van der Waals surface area (Å²) in [5.41, 5.74) is 4.61. The standard InChI is InChI=1S/C31H28N2O3S/c34-29-22-37-31(33(29)20-19-23-7-3-1-4-8-23)26-13-11-25(12-14-26)30(35)32-27-15-17-28(18-16-27)36-21-24-9-5-2-6-10-24/h1-18,31H,19-22H2,(H,32,35)/t31-/m0/s1. The first-order valence-electron chi connectivity index (χ1n) is 12.3. The molecule has 0 aromatic heterocycles. The predicted molar refractivity (Wildman–Crippen MR) is 149 cm³/mol. The van der Waals surface area contributed by atoms with Crippen molar-refractivity contribution in [3.05, 3.63) is 131 Å². The molecule has 0 radical (unpaired) electrons. The number of anilines is 1. The lowest BCUT2D eigenvalue weighted by molar-refractivity contribution is -0.128. The molecule has 5 rings (SSSR count). The van der Waals surface area contributed by atoms with Gasteiger partial charge < -0.3 is 15.0 Å². The SMILES string of the molecule is O=C(Nc1ccc(OCc2ccccc2)cc1)c1ccc([C@@H]2SCC(=O)N2CCc2ccccc2)cc1. The highest BCUT2D eigenvalue weighted by molar-refractivity contribution is 8.00. The molecule has 0 spiro atoms. The zero-order valence-electron chi connectivity index (χ0n) is 20.4. The topological polar surface area (TPSA) is 58.6 Å². The van der Waals surface area contributed by atoms with Gasteiger partial charge in [-0.15, -0.1) is 11.8 Å². The van der Waals surface area contributed by atoms with E-state index in [-0.39, 0.29) is 17.2 Å². The molecule has 5 nitrogen and oxygen atoms in total. The maximum atomic E-state index is 12.8. The van der Waals surface area contributed by atoms with E-state index in [1.54, 1.807) is 11.8 Å². The van der Waals surface area contributed by atoms with Crippen LogP contribution in [0.4, 0.5) is 5.69 Å². The Balaban J connectivity index is 1.16. The number of ether oxygens (including phenoxy) is 1. The number of carbonyl (C=O) groups excluding carboxylic acids is 2. The summed E-state index contributed by atoms with van der Waals surface area (Å²) >= 11 is 1.63. The van der Waals surface area contributed by atoms with E-state index in [9.17, 15) is 9.59 Å². The Hall–Kier alpha value is -4.03. The molecule has 1 heterocycles. The molecule has 2 amide bonds. The maximum Gasteiger partial charge on any atom is 0.255 e. The lowest BCUT2D eigenvalue weighted by Crippen LogP contribution is -2.30. The highest BCUT2D eigenvalue weighted by Crippen LogP contribution is 2.38. The molecule has 1 N–H and O–H groups in total. The molecule has 186 valence electrons. The van der Waals surface area contributed by atoms with E-state index in [1.165, 1.54) is 5.56 Å². The van der Waals surface area contributed by atoms with E-state index in [4.69, 9.17) is 4.74 Å². The van der Waals surface area contributed by atoms with Gasteiger partial charge in [0.25, 0.3) is 5.91 Å². The number of carbonyl (C=O) groups is 2. The Bertz CT molecular complexity index is 1330. The van der Waals surface area contributed by atoms with Crippen LogP contribution in [0.25, 0.3) is 0 Å². The van der Waals surface area contributed by atoms with Crippen molar-refractivity contribution in [3.63, 3.8) is 0 Å². The first-order chi connectivity index (χ1) is 18.2. The summed E-state index contributed by atoms with van der Waals surface area (Å²) in [6.45, 7) is 1.17. The van der Waals surface area contributed by atoms with Crippen molar-refractivity contribution < 1.29 is 14.3 Å². The summed E-state index contributed by atoms with van der Waals surface area (Å²) in [7, 11) is 0. The fourth-order valence-corrected chi connectivity index (χ4v) is 5.46. The summed E-state index contributed by atoms with van der Waals surface area (Å²) in [5.74, 6) is 1.20. The maximum absolute atomic E-state index is 12.8. The number of amides is 2. The van der Waals surface area contributed by atoms with Crippen LogP contribution >= 0.6 is 11.8 Å². The van der Waals surface area contributed by atoms with Crippen LogP contribution in [0.15, 0.2) is 109 Å². The second-order valence-corrected chi connectivity index (χ2v) is 9.93. The molecule has 0 bridgehead atoms. The number of hydrogen-bond acceptors (Lipinski definition) is 4. The van der Waals surface area contributed by atoms with Crippen molar-refractivity contribution in [3.8, 4) is 5.75 Å². The Morgan fingerprint density at radius 2 is 1.49 bits per heavy atom. The van der Waals surface area contributed by atoms with Crippen molar-refractivity contribution >= 4 is 29.3 Å². The second-order valence-electron chi connectivity index (χ2n) is 8.86. The lowest BCUT2D eigenvalue weighted by Gasteiger charge is -2.24. The average molecular weight is 509 g/mol. The number of thioether (sulfide) groups is 1. The summed E-state index contributed by atoms with van der Waals surface area (Å²) in [5, 5.41) is 2.91. The summed E-state index contributed by atoms with van der Waals surface area (Å²) < 4.78 is 5.81. The van der Waals surface area contributed by atoms with Gasteiger partial charge in [0.15, 0.2) is 0 Å². The highest BCUT2D eigenvalue weighted by Gasteiger charge is 2.32. The van der Waals surface area contributed by atoms with Gasteiger partial charge in [-0.05, 0) is 59.5 Å². The van der Waals surface area contributed by atoms with Gasteiger partial charge in [0.05, 0.1) is 5.75 Å². The van der Waals surface area contributed by atoms with Gasteiger partial charge in [-0.2, -0.15) is 0 Å². The first-order valence-corrected chi connectivity index (χ1v) is 13.3. The molecule has 4 aromatic carbocycles. The van der Waals surface area contributed by atoms with Gasteiger partial charge in [0, 0.05) is 17.8 Å². The van der Waals surface area contributed by atoms with E-state index in [0.717, 1.165) is 23.3 Å². The molecular weight excluding hydrogens is 480 g/mol. The molecule has 4 aromatic rings. The van der Waals surface area contributed by atoms with Gasteiger partial charge in [0.2, 0.25) is 5.91 Å². The van der Waals surface area contributed by atoms with Crippen LogP contribution < -0.4 is 10.1 Å². The summed E-state index contributed by atoms with van der Waals surface area (Å²) in [6.07, 6.45) is 0.820. The minimum Gasteiger partial charge on any atom is -0.489 e. The highest BCUT2D eigenvalue weighted by atomic mass is 32.2. The molecule has 0 saturated carbocycles. The third kappa shape index (κ3) is 6.40. The summed E-state index contributed by atoms with van der Waals surface area (Å²) in [4.78, 5) is 27.3. The fourth-order valence-electron chi connectivity index (χ4n) is 4.24. The van der Waals surface area contributed by atoms with Crippen LogP contribution in [0.1, 0.15) is 32.4 Å². The summed E-state index contributed by atoms with van der Waals surface area (Å²) in [6, 6.07) is 35.1. The lowest BCUT2D eigenvalue weighted by atomic mass is 10.1. The molecular formula is C31H28N2O3S. The zero-order valence-corrected chi connectivity index (χ0v) is 21.2. The normalized spacial score (nSPS) is 15.0. The third-order valence-corrected chi connectivity index (χ3v) is 7.53. The van der Waals surface area contributed by atoms with E-state index < -0.39 is 0 Å². The molecule has 0 unspecified atom stereocenters. The third-order valence-electron chi connectivity index (χ3n) is 6.27. The van der Waals surface area contributed by atoms with Crippen LogP contribution in [0.3, 0.4) is 0 Å². The van der Waals surface area contributed by atoms with E-state index in [1.807, 2.05) is 102 Å². The van der Waals surface area contributed by atoms with Crippen molar-refractivity contribution in [1.82, 2.24) is 4.90 Å². The average Bonchev–Trinajstić information content (AvgIpc) is 3.32. The largest absolute Gasteiger partial charge is 0.489 e. The molecule has 1 aliphatic heterocycles. The fraction of sp³-hybridized carbons (Fsp3) is 0.161. The minimum atomic E-state index is -0.180. The number of nitrogens with zero attached hydrogens (tertiary/aromatic N) is 1.